The van der Waals surface area contributed by atoms with Crippen LogP contribution in [0, 0.1) is 5.41 Å². The van der Waals surface area contributed by atoms with Crippen LogP contribution in [0.4, 0.5) is 0 Å². The van der Waals surface area contributed by atoms with Crippen LogP contribution in [-0.2, 0) is 9.53 Å². The van der Waals surface area contributed by atoms with Crippen LogP contribution in [0.5, 0.6) is 0 Å². The van der Waals surface area contributed by atoms with E-state index in [4.69, 9.17) is 10.5 Å². The number of hydrogen-bond donors (Lipinski definition) is 1. The van der Waals surface area contributed by atoms with Gasteiger partial charge in [-0.05, 0) is 19.8 Å². The molecule has 0 aliphatic carbocycles. The molecular formula is C10H18N2O2. The molecule has 0 aromatic heterocycles. The molecule has 0 aromatic carbocycles. The molecule has 2 heterocycles. The molecule has 0 saturated carbocycles. The van der Waals surface area contributed by atoms with Gasteiger partial charge in [-0.2, -0.15) is 0 Å². The monoisotopic (exact) mass is 198 g/mol. The highest BCUT2D eigenvalue weighted by Gasteiger charge is 2.42. The largest absolute Gasteiger partial charge is 0.381 e. The first-order chi connectivity index (χ1) is 6.63. The van der Waals surface area contributed by atoms with Gasteiger partial charge in [0.25, 0.3) is 0 Å². The number of ether oxygens (including phenoxy) is 1. The minimum atomic E-state index is -0.368. The second-order valence-electron chi connectivity index (χ2n) is 4.60. The van der Waals surface area contributed by atoms with Gasteiger partial charge in [0.15, 0.2) is 0 Å². The van der Waals surface area contributed by atoms with E-state index in [1.165, 1.54) is 0 Å². The summed E-state index contributed by atoms with van der Waals surface area (Å²) in [6.45, 7) is 5.10. The quantitative estimate of drug-likeness (QED) is 0.644. The minimum absolute atomic E-state index is 0.0776. The standard InChI is InChI=1S/C10H18N2O2/c1-8(11)9(13)12-4-2-10(6-12)3-5-14-7-10/h8H,2-7,11H2,1H3/t8-,10?/m0/s1. The van der Waals surface area contributed by atoms with Gasteiger partial charge in [-0.25, -0.2) is 0 Å². The van der Waals surface area contributed by atoms with Crippen LogP contribution >= 0.6 is 0 Å². The summed E-state index contributed by atoms with van der Waals surface area (Å²) < 4.78 is 5.40. The van der Waals surface area contributed by atoms with E-state index in [9.17, 15) is 4.79 Å². The van der Waals surface area contributed by atoms with Crippen molar-refractivity contribution < 1.29 is 9.53 Å². The molecule has 2 N–H and O–H groups in total. The molecular weight excluding hydrogens is 180 g/mol. The summed E-state index contributed by atoms with van der Waals surface area (Å²) in [5, 5.41) is 0. The average molecular weight is 198 g/mol. The molecule has 2 fully saturated rings. The summed E-state index contributed by atoms with van der Waals surface area (Å²) in [5.74, 6) is 0.0776. The fourth-order valence-electron chi connectivity index (χ4n) is 2.38. The summed E-state index contributed by atoms with van der Waals surface area (Å²) in [6, 6.07) is -0.368. The maximum Gasteiger partial charge on any atom is 0.239 e. The Morgan fingerprint density at radius 2 is 2.36 bits per heavy atom. The first-order valence-electron chi connectivity index (χ1n) is 5.25. The summed E-state index contributed by atoms with van der Waals surface area (Å²) in [5.41, 5.74) is 5.83. The number of nitrogens with two attached hydrogens (primary N) is 1. The molecule has 14 heavy (non-hydrogen) atoms. The van der Waals surface area contributed by atoms with Crippen LogP contribution in [0.1, 0.15) is 19.8 Å². The lowest BCUT2D eigenvalue weighted by Gasteiger charge is -2.23. The molecule has 0 bridgehead atoms. The van der Waals surface area contributed by atoms with E-state index >= 15 is 0 Å². The predicted molar refractivity (Wildman–Crippen MR) is 52.7 cm³/mol. The summed E-state index contributed by atoms with van der Waals surface area (Å²) in [7, 11) is 0. The molecule has 80 valence electrons. The van der Waals surface area contributed by atoms with Crippen molar-refractivity contribution in [3.05, 3.63) is 0 Å². The van der Waals surface area contributed by atoms with E-state index in [-0.39, 0.29) is 17.4 Å². The van der Waals surface area contributed by atoms with Crippen molar-refractivity contribution in [3.8, 4) is 0 Å². The van der Waals surface area contributed by atoms with E-state index < -0.39 is 0 Å². The Hall–Kier alpha value is -0.610. The van der Waals surface area contributed by atoms with E-state index in [0.717, 1.165) is 39.1 Å². The smallest absolute Gasteiger partial charge is 0.239 e. The van der Waals surface area contributed by atoms with Gasteiger partial charge in [0.1, 0.15) is 0 Å². The second kappa shape index (κ2) is 3.51. The Balaban J connectivity index is 1.97. The molecule has 2 aliphatic heterocycles. The third kappa shape index (κ3) is 1.64. The highest BCUT2D eigenvalue weighted by Crippen LogP contribution is 2.38. The van der Waals surface area contributed by atoms with Crippen LogP contribution in [-0.4, -0.2) is 43.2 Å². The van der Waals surface area contributed by atoms with Gasteiger partial charge < -0.3 is 15.4 Å². The highest BCUT2D eigenvalue weighted by molar-refractivity contribution is 5.81. The molecule has 0 radical (unpaired) electrons. The van der Waals surface area contributed by atoms with Crippen LogP contribution in [0.15, 0.2) is 0 Å². The van der Waals surface area contributed by atoms with Gasteiger partial charge in [0.2, 0.25) is 5.91 Å². The van der Waals surface area contributed by atoms with Crippen molar-refractivity contribution in [3.63, 3.8) is 0 Å². The fourth-order valence-corrected chi connectivity index (χ4v) is 2.38. The minimum Gasteiger partial charge on any atom is -0.381 e. The number of likely N-dealkylation sites (tertiary alicyclic amines) is 1. The Labute approximate surface area is 84.4 Å². The highest BCUT2D eigenvalue weighted by atomic mass is 16.5. The van der Waals surface area contributed by atoms with Crippen molar-refractivity contribution in [1.29, 1.82) is 0 Å². The number of hydrogen-bond acceptors (Lipinski definition) is 3. The van der Waals surface area contributed by atoms with Gasteiger partial charge in [-0.1, -0.05) is 0 Å². The van der Waals surface area contributed by atoms with Crippen molar-refractivity contribution in [2.75, 3.05) is 26.3 Å². The predicted octanol–water partition coefficient (Wildman–Crippen LogP) is -0.0274. The zero-order valence-electron chi connectivity index (χ0n) is 8.66. The maximum absolute atomic E-state index is 11.6. The number of carbonyl (C=O) groups is 1. The zero-order valence-corrected chi connectivity index (χ0v) is 8.66. The first kappa shape index (κ1) is 9.93. The van der Waals surface area contributed by atoms with Crippen LogP contribution in [0.25, 0.3) is 0 Å². The maximum atomic E-state index is 11.6. The Morgan fingerprint density at radius 1 is 1.57 bits per heavy atom. The van der Waals surface area contributed by atoms with Crippen molar-refractivity contribution >= 4 is 5.91 Å². The molecule has 1 unspecified atom stereocenters. The van der Waals surface area contributed by atoms with E-state index in [0.29, 0.717) is 0 Å². The number of nitrogens with zero attached hydrogens (tertiary/aromatic N) is 1. The molecule has 2 atom stereocenters. The fraction of sp³-hybridized carbons (Fsp3) is 0.900. The molecule has 0 aromatic rings. The summed E-state index contributed by atoms with van der Waals surface area (Å²) in [6.07, 6.45) is 2.17. The number of rotatable bonds is 1. The van der Waals surface area contributed by atoms with E-state index in [1.807, 2.05) is 4.90 Å². The van der Waals surface area contributed by atoms with Crippen molar-refractivity contribution in [2.45, 2.75) is 25.8 Å². The molecule has 2 aliphatic rings. The Kier molecular flexibility index (Phi) is 2.49. The van der Waals surface area contributed by atoms with Gasteiger partial charge in [0.05, 0.1) is 12.6 Å². The number of carbonyl (C=O) groups excluding carboxylic acids is 1. The molecule has 4 heteroatoms. The van der Waals surface area contributed by atoms with E-state index in [2.05, 4.69) is 0 Å². The third-order valence-corrected chi connectivity index (χ3v) is 3.32. The Bertz CT molecular complexity index is 234. The van der Waals surface area contributed by atoms with Crippen LogP contribution in [0.3, 0.4) is 0 Å². The topological polar surface area (TPSA) is 55.6 Å². The molecule has 1 spiro atoms. The molecule has 4 nitrogen and oxygen atoms in total. The Morgan fingerprint density at radius 3 is 2.93 bits per heavy atom. The summed E-state index contributed by atoms with van der Waals surface area (Å²) in [4.78, 5) is 13.5. The lowest BCUT2D eigenvalue weighted by molar-refractivity contribution is -0.131. The molecule has 2 saturated heterocycles. The summed E-state index contributed by atoms with van der Waals surface area (Å²) >= 11 is 0. The van der Waals surface area contributed by atoms with Gasteiger partial charge in [-0.3, -0.25) is 4.79 Å². The number of amides is 1. The average Bonchev–Trinajstić information content (AvgIpc) is 2.76. The molecule has 1 amide bonds. The van der Waals surface area contributed by atoms with Gasteiger partial charge >= 0.3 is 0 Å². The van der Waals surface area contributed by atoms with E-state index in [1.54, 1.807) is 6.92 Å². The zero-order chi connectivity index (χ0) is 10.2. The third-order valence-electron chi connectivity index (χ3n) is 3.32. The van der Waals surface area contributed by atoms with Gasteiger partial charge in [-0.15, -0.1) is 0 Å². The lowest BCUT2D eigenvalue weighted by Crippen LogP contribution is -2.41. The normalized spacial score (nSPS) is 34.0. The lowest BCUT2D eigenvalue weighted by atomic mass is 9.87. The molecule has 2 rings (SSSR count). The first-order valence-corrected chi connectivity index (χ1v) is 5.25. The van der Waals surface area contributed by atoms with Gasteiger partial charge in [0, 0.05) is 25.1 Å². The van der Waals surface area contributed by atoms with Crippen LogP contribution in [0.2, 0.25) is 0 Å². The van der Waals surface area contributed by atoms with Crippen LogP contribution < -0.4 is 5.73 Å². The second-order valence-corrected chi connectivity index (χ2v) is 4.60. The SMILES string of the molecule is C[C@H](N)C(=O)N1CCC2(CCOC2)C1. The van der Waals surface area contributed by atoms with Crippen molar-refractivity contribution in [2.24, 2.45) is 11.1 Å². The van der Waals surface area contributed by atoms with Crippen molar-refractivity contribution in [1.82, 2.24) is 4.90 Å².